The van der Waals surface area contributed by atoms with Crippen molar-refractivity contribution in [1.29, 1.82) is 5.26 Å². The van der Waals surface area contributed by atoms with Crippen molar-refractivity contribution < 1.29 is 65.9 Å². The number of hydrogen-bond acceptors (Lipinski definition) is 1. The summed E-state index contributed by atoms with van der Waals surface area (Å²) in [6.45, 7) is 0. The van der Waals surface area contributed by atoms with Gasteiger partial charge in [-0.2, -0.15) is 71.1 Å². The SMILES string of the molecule is N#Cc1cc(-n2c3c(c4ccccc42)C=C(c2ccc(C(F)(F)F)cc2C(F)(F)F)CC3)c(-n2c3ccccc3c3cc(-c4ccc(C(F)(F)F)cc4C(F)(F)F)ccc32)cc1-c1cccc(C(F)(F)F)c1. The molecule has 3 nitrogen and oxygen atoms in total. The smallest absolute Gasteiger partial charge is 0.311 e. The van der Waals surface area contributed by atoms with E-state index in [4.69, 9.17) is 0 Å². The van der Waals surface area contributed by atoms with Crippen LogP contribution in [0, 0.1) is 11.3 Å². The van der Waals surface area contributed by atoms with Gasteiger partial charge < -0.3 is 9.13 Å². The first-order valence-corrected chi connectivity index (χ1v) is 21.5. The molecule has 0 atom stereocenters. The number of allylic oxidation sites excluding steroid dienone is 1. The van der Waals surface area contributed by atoms with Gasteiger partial charge in [-0.25, -0.2) is 0 Å². The molecule has 9 aromatic rings. The van der Waals surface area contributed by atoms with E-state index >= 15 is 0 Å². The van der Waals surface area contributed by atoms with Gasteiger partial charge in [0.25, 0.3) is 0 Å². The topological polar surface area (TPSA) is 33.6 Å². The number of aromatic nitrogens is 2. The largest absolute Gasteiger partial charge is 0.417 e. The highest BCUT2D eigenvalue weighted by Crippen LogP contribution is 2.48. The molecule has 0 radical (unpaired) electrons. The molecule has 0 bridgehead atoms. The van der Waals surface area contributed by atoms with E-state index in [0.717, 1.165) is 30.3 Å². The lowest BCUT2D eigenvalue weighted by atomic mass is 9.88. The van der Waals surface area contributed by atoms with E-state index in [0.29, 0.717) is 56.1 Å². The molecule has 0 aliphatic heterocycles. The maximum absolute atomic E-state index is 14.5. The lowest BCUT2D eigenvalue weighted by molar-refractivity contribution is -0.144. The first-order valence-electron chi connectivity index (χ1n) is 21.5. The third-order valence-electron chi connectivity index (χ3n) is 12.8. The van der Waals surface area contributed by atoms with Crippen LogP contribution in [0.2, 0.25) is 0 Å². The van der Waals surface area contributed by atoms with Gasteiger partial charge in [0.2, 0.25) is 0 Å². The summed E-state index contributed by atoms with van der Waals surface area (Å²) < 4.78 is 215. The van der Waals surface area contributed by atoms with Crippen molar-refractivity contribution in [2.75, 3.05) is 0 Å². The molecule has 72 heavy (non-hydrogen) atoms. The van der Waals surface area contributed by atoms with E-state index in [1.807, 2.05) is 0 Å². The Labute approximate surface area is 396 Å². The Balaban J connectivity index is 1.26. The monoisotopic (exact) mass is 1000 g/mol. The van der Waals surface area contributed by atoms with Gasteiger partial charge >= 0.3 is 30.9 Å². The Hall–Kier alpha value is -7.94. The Morgan fingerprint density at radius 3 is 1.54 bits per heavy atom. The maximum Gasteiger partial charge on any atom is 0.417 e. The maximum atomic E-state index is 14.5. The third-order valence-corrected chi connectivity index (χ3v) is 12.8. The summed E-state index contributed by atoms with van der Waals surface area (Å²) in [5.41, 5.74) is -5.85. The third kappa shape index (κ3) is 8.19. The number of fused-ring (bicyclic) bond motifs is 6. The number of nitriles is 1. The second kappa shape index (κ2) is 16.6. The van der Waals surface area contributed by atoms with E-state index in [1.54, 1.807) is 57.7 Å². The van der Waals surface area contributed by atoms with Gasteiger partial charge in [0.15, 0.2) is 0 Å². The van der Waals surface area contributed by atoms with Gasteiger partial charge in [-0.3, -0.25) is 0 Å². The van der Waals surface area contributed by atoms with Crippen LogP contribution in [-0.4, -0.2) is 9.13 Å². The summed E-state index contributed by atoms with van der Waals surface area (Å²) in [5.74, 6) is 0. The van der Waals surface area contributed by atoms with Crippen LogP contribution in [0.5, 0.6) is 0 Å². The highest BCUT2D eigenvalue weighted by Gasteiger charge is 2.41. The van der Waals surface area contributed by atoms with Gasteiger partial charge in [0, 0.05) is 33.0 Å². The summed E-state index contributed by atoms with van der Waals surface area (Å²) >= 11 is 0. The number of rotatable bonds is 5. The molecular weight excluding hydrogens is 976 g/mol. The van der Waals surface area contributed by atoms with Crippen molar-refractivity contribution in [2.45, 2.75) is 43.7 Å². The molecule has 7 aromatic carbocycles. The molecule has 10 rings (SSSR count). The van der Waals surface area contributed by atoms with Crippen LogP contribution in [0.4, 0.5) is 65.9 Å². The van der Waals surface area contributed by atoms with Gasteiger partial charge in [-0.1, -0.05) is 66.7 Å². The number of halogens is 15. The van der Waals surface area contributed by atoms with Crippen LogP contribution in [0.3, 0.4) is 0 Å². The van der Waals surface area contributed by atoms with Crippen molar-refractivity contribution in [2.24, 2.45) is 0 Å². The zero-order valence-electron chi connectivity index (χ0n) is 36.3. The molecule has 0 amide bonds. The molecule has 0 fully saturated rings. The van der Waals surface area contributed by atoms with Crippen LogP contribution in [0.1, 0.15) is 56.6 Å². The number of nitrogens with zero attached hydrogens (tertiary/aromatic N) is 3. The summed E-state index contributed by atoms with van der Waals surface area (Å²) in [6, 6.07) is 29.2. The minimum atomic E-state index is -5.22. The molecule has 2 aromatic heterocycles. The van der Waals surface area contributed by atoms with E-state index in [9.17, 15) is 71.1 Å². The minimum absolute atomic E-state index is 0.0178. The molecule has 0 saturated carbocycles. The molecule has 364 valence electrons. The Bertz CT molecular complexity index is 3760. The van der Waals surface area contributed by atoms with Crippen LogP contribution < -0.4 is 0 Å². The number of hydrogen-bond donors (Lipinski definition) is 0. The fourth-order valence-electron chi connectivity index (χ4n) is 9.68. The summed E-state index contributed by atoms with van der Waals surface area (Å²) in [4.78, 5) is 0. The summed E-state index contributed by atoms with van der Waals surface area (Å²) in [7, 11) is 0. The number of benzene rings is 7. The van der Waals surface area contributed by atoms with Crippen LogP contribution in [-0.2, 0) is 37.3 Å². The van der Waals surface area contributed by atoms with Gasteiger partial charge in [-0.05, 0) is 120 Å². The number of alkyl halides is 15. The van der Waals surface area contributed by atoms with Gasteiger partial charge in [-0.15, -0.1) is 0 Å². The zero-order chi connectivity index (χ0) is 51.4. The molecule has 18 heteroatoms. The molecule has 1 aliphatic carbocycles. The molecule has 2 heterocycles. The average Bonchev–Trinajstić information content (AvgIpc) is 3.84. The first-order chi connectivity index (χ1) is 33.8. The molecule has 0 N–H and O–H groups in total. The molecule has 1 aliphatic rings. The fraction of sp³-hybridized carbons (Fsp3) is 0.130. The van der Waals surface area contributed by atoms with Crippen molar-refractivity contribution in [3.05, 3.63) is 190 Å². The van der Waals surface area contributed by atoms with E-state index in [1.165, 1.54) is 42.5 Å². The molecule has 0 unspecified atom stereocenters. The molecule has 0 saturated heterocycles. The second-order valence-electron chi connectivity index (χ2n) is 17.1. The normalized spacial score (nSPS) is 13.7. The second-order valence-corrected chi connectivity index (χ2v) is 17.1. The Morgan fingerprint density at radius 1 is 0.403 bits per heavy atom. The van der Waals surface area contributed by atoms with Crippen molar-refractivity contribution in [3.8, 4) is 39.7 Å². The van der Waals surface area contributed by atoms with Gasteiger partial charge in [0.05, 0.1) is 67.4 Å². The first kappa shape index (κ1) is 47.7. The zero-order valence-corrected chi connectivity index (χ0v) is 36.3. The highest BCUT2D eigenvalue weighted by molar-refractivity contribution is 6.11. The van der Waals surface area contributed by atoms with Crippen molar-refractivity contribution in [3.63, 3.8) is 0 Å². The molecular formula is C54H28F15N3. The van der Waals surface area contributed by atoms with Crippen LogP contribution in [0.25, 0.3) is 78.0 Å². The lowest BCUT2D eigenvalue weighted by Crippen LogP contribution is -2.14. The number of para-hydroxylation sites is 2. The van der Waals surface area contributed by atoms with Crippen LogP contribution >= 0.6 is 0 Å². The average molecular weight is 1000 g/mol. The summed E-state index contributed by atoms with van der Waals surface area (Å²) in [5, 5.41) is 11.9. The fourth-order valence-corrected chi connectivity index (χ4v) is 9.68. The Morgan fingerprint density at radius 2 is 0.931 bits per heavy atom. The standard InChI is InChI=1S/C54H28F15N3/c55-50(56,57)32-7-5-6-28(20-32)39-26-49(72-45-11-4-2-9-38(45)41-22-30(13-19-47(41)72)36-17-15-34(52(61,62)63)25-43(36)54(67,68)69)48(23-31(39)27-70)71-44-10-3-1-8-37(44)40-21-29(12-18-46(40)71)35-16-14-33(51(58,59)60)24-42(35)53(64,65)66/h1-11,13-17,19-26H,12,18H2. The van der Waals surface area contributed by atoms with E-state index < -0.39 is 69.8 Å². The van der Waals surface area contributed by atoms with Gasteiger partial charge in [0.1, 0.15) is 0 Å². The summed E-state index contributed by atoms with van der Waals surface area (Å²) in [6.07, 6.45) is -24.0. The predicted molar refractivity (Wildman–Crippen MR) is 241 cm³/mol. The van der Waals surface area contributed by atoms with Crippen molar-refractivity contribution >= 4 is 44.4 Å². The quantitative estimate of drug-likeness (QED) is 0.158. The molecule has 0 spiro atoms. The van der Waals surface area contributed by atoms with Crippen molar-refractivity contribution in [1.82, 2.24) is 9.13 Å². The predicted octanol–water partition coefficient (Wildman–Crippen LogP) is 17.5. The van der Waals surface area contributed by atoms with E-state index in [-0.39, 0.29) is 64.2 Å². The minimum Gasteiger partial charge on any atom is -0.311 e. The highest BCUT2D eigenvalue weighted by atomic mass is 19.4. The lowest BCUT2D eigenvalue weighted by Gasteiger charge is -2.23. The Kier molecular flexibility index (Phi) is 11.0. The van der Waals surface area contributed by atoms with Crippen LogP contribution in [0.15, 0.2) is 140 Å². The van der Waals surface area contributed by atoms with E-state index in [2.05, 4.69) is 6.07 Å².